The Balaban J connectivity index is 2.25. The van der Waals surface area contributed by atoms with Gasteiger partial charge < -0.3 is 10.1 Å². The lowest BCUT2D eigenvalue weighted by molar-refractivity contribution is -0.141. The molecular weight excluding hydrogens is 333 g/mol. The first-order chi connectivity index (χ1) is 11.7. The fourth-order valence-electron chi connectivity index (χ4n) is 2.95. The highest BCUT2D eigenvalue weighted by Crippen LogP contribution is 2.34. The standard InChI is InChI=1S/C18H25F3N2O2/c1-4-5-12(10-11(2)3)22-17(24)13-6-7-15(18(19,20)21)23-16(13)14-8-9-25-14/h6-7,11-12,14H,4-5,8-10H2,1-3H3,(H,22,24). The van der Waals surface area contributed by atoms with E-state index >= 15 is 0 Å². The number of hydrogen-bond donors (Lipinski definition) is 1. The van der Waals surface area contributed by atoms with Crippen LogP contribution < -0.4 is 5.32 Å². The number of aromatic nitrogens is 1. The molecule has 4 nitrogen and oxygen atoms in total. The molecule has 1 amide bonds. The summed E-state index contributed by atoms with van der Waals surface area (Å²) in [7, 11) is 0. The Morgan fingerprint density at radius 1 is 1.40 bits per heavy atom. The summed E-state index contributed by atoms with van der Waals surface area (Å²) >= 11 is 0. The van der Waals surface area contributed by atoms with Crippen molar-refractivity contribution in [3.63, 3.8) is 0 Å². The van der Waals surface area contributed by atoms with Gasteiger partial charge in [-0.3, -0.25) is 4.79 Å². The molecule has 2 atom stereocenters. The minimum absolute atomic E-state index is 0.00467. The molecule has 2 rings (SSSR count). The van der Waals surface area contributed by atoms with Crippen LogP contribution in [0.25, 0.3) is 0 Å². The summed E-state index contributed by atoms with van der Waals surface area (Å²) in [5.41, 5.74) is -0.747. The van der Waals surface area contributed by atoms with E-state index in [2.05, 4.69) is 24.1 Å². The van der Waals surface area contributed by atoms with Gasteiger partial charge in [-0.05, 0) is 30.9 Å². The zero-order valence-corrected chi connectivity index (χ0v) is 14.8. The number of halogens is 3. The van der Waals surface area contributed by atoms with Crippen molar-refractivity contribution in [2.75, 3.05) is 6.61 Å². The second-order valence-corrected chi connectivity index (χ2v) is 6.86. The molecular formula is C18H25F3N2O2. The number of nitrogens with one attached hydrogen (secondary N) is 1. The van der Waals surface area contributed by atoms with Crippen LogP contribution in [-0.4, -0.2) is 23.5 Å². The highest BCUT2D eigenvalue weighted by Gasteiger charge is 2.36. The second kappa shape index (κ2) is 8.17. The van der Waals surface area contributed by atoms with Crippen molar-refractivity contribution in [3.8, 4) is 0 Å². The van der Waals surface area contributed by atoms with Gasteiger partial charge in [-0.15, -0.1) is 0 Å². The topological polar surface area (TPSA) is 51.2 Å². The third-order valence-corrected chi connectivity index (χ3v) is 4.19. The molecule has 1 aromatic heterocycles. The molecule has 1 aromatic rings. The normalized spacial score (nSPS) is 18.8. The summed E-state index contributed by atoms with van der Waals surface area (Å²) in [4.78, 5) is 16.3. The number of rotatable bonds is 7. The summed E-state index contributed by atoms with van der Waals surface area (Å²) in [5, 5.41) is 2.95. The van der Waals surface area contributed by atoms with Gasteiger partial charge in [0.05, 0.1) is 17.9 Å². The molecule has 0 radical (unpaired) electrons. The van der Waals surface area contributed by atoms with E-state index in [0.717, 1.165) is 25.3 Å². The lowest BCUT2D eigenvalue weighted by atomic mass is 9.98. The summed E-state index contributed by atoms with van der Waals surface area (Å²) in [6.07, 6.45) is -1.95. The van der Waals surface area contributed by atoms with Crippen LogP contribution in [0.5, 0.6) is 0 Å². The van der Waals surface area contributed by atoms with E-state index in [1.807, 2.05) is 6.92 Å². The Labute approximate surface area is 146 Å². The van der Waals surface area contributed by atoms with E-state index in [-0.39, 0.29) is 23.2 Å². The number of alkyl halides is 3. The van der Waals surface area contributed by atoms with Crippen LogP contribution >= 0.6 is 0 Å². The van der Waals surface area contributed by atoms with Gasteiger partial charge in [0, 0.05) is 12.5 Å². The first-order valence-electron chi connectivity index (χ1n) is 8.73. The van der Waals surface area contributed by atoms with Crippen molar-refractivity contribution in [2.24, 2.45) is 5.92 Å². The molecule has 25 heavy (non-hydrogen) atoms. The first kappa shape index (κ1) is 19.7. The average Bonchev–Trinajstić information content (AvgIpc) is 2.43. The summed E-state index contributed by atoms with van der Waals surface area (Å²) in [6.45, 7) is 6.65. The molecule has 0 spiro atoms. The van der Waals surface area contributed by atoms with E-state index in [4.69, 9.17) is 4.74 Å². The van der Waals surface area contributed by atoms with Crippen molar-refractivity contribution < 1.29 is 22.7 Å². The second-order valence-electron chi connectivity index (χ2n) is 6.86. The van der Waals surface area contributed by atoms with Crippen LogP contribution in [0.15, 0.2) is 12.1 Å². The Kier molecular flexibility index (Phi) is 6.43. The maximum Gasteiger partial charge on any atom is 0.433 e. The van der Waals surface area contributed by atoms with Crippen LogP contribution in [0.3, 0.4) is 0 Å². The van der Waals surface area contributed by atoms with Crippen LogP contribution in [0, 0.1) is 5.92 Å². The van der Waals surface area contributed by atoms with Gasteiger partial charge in [0.2, 0.25) is 0 Å². The lowest BCUT2D eigenvalue weighted by Gasteiger charge is -2.28. The van der Waals surface area contributed by atoms with Crippen molar-refractivity contribution in [1.82, 2.24) is 10.3 Å². The molecule has 0 saturated carbocycles. The minimum atomic E-state index is -4.55. The van der Waals surface area contributed by atoms with E-state index in [9.17, 15) is 18.0 Å². The molecule has 0 aromatic carbocycles. The number of ether oxygens (including phenoxy) is 1. The zero-order chi connectivity index (χ0) is 18.6. The van der Waals surface area contributed by atoms with Gasteiger partial charge in [-0.2, -0.15) is 13.2 Å². The van der Waals surface area contributed by atoms with E-state index < -0.39 is 18.0 Å². The Hall–Kier alpha value is -1.63. The average molecular weight is 358 g/mol. The fourth-order valence-corrected chi connectivity index (χ4v) is 2.95. The third kappa shape index (κ3) is 5.17. The SMILES string of the molecule is CCCC(CC(C)C)NC(=O)c1ccc(C(F)(F)F)nc1C1CCO1. The highest BCUT2D eigenvalue weighted by atomic mass is 19.4. The van der Waals surface area contributed by atoms with E-state index in [0.29, 0.717) is 18.9 Å². The van der Waals surface area contributed by atoms with Crippen LogP contribution in [0.2, 0.25) is 0 Å². The van der Waals surface area contributed by atoms with Gasteiger partial charge in [0.1, 0.15) is 11.8 Å². The van der Waals surface area contributed by atoms with E-state index in [1.54, 1.807) is 0 Å². The number of carbonyl (C=O) groups is 1. The van der Waals surface area contributed by atoms with Crippen LogP contribution in [0.4, 0.5) is 13.2 Å². The highest BCUT2D eigenvalue weighted by molar-refractivity contribution is 5.95. The number of nitrogens with zero attached hydrogens (tertiary/aromatic N) is 1. The number of pyridine rings is 1. The Bertz CT molecular complexity index is 598. The molecule has 2 heterocycles. The van der Waals surface area contributed by atoms with Crippen molar-refractivity contribution in [3.05, 3.63) is 29.1 Å². The van der Waals surface area contributed by atoms with Crippen LogP contribution in [0.1, 0.15) is 74.3 Å². The predicted octanol–water partition coefficient (Wildman–Crippen LogP) is 4.51. The fraction of sp³-hybridized carbons (Fsp3) is 0.667. The third-order valence-electron chi connectivity index (χ3n) is 4.19. The molecule has 2 unspecified atom stereocenters. The number of carbonyl (C=O) groups excluding carboxylic acids is 1. The van der Waals surface area contributed by atoms with Crippen LogP contribution in [-0.2, 0) is 10.9 Å². The van der Waals surface area contributed by atoms with Crippen molar-refractivity contribution in [1.29, 1.82) is 0 Å². The molecule has 7 heteroatoms. The molecule has 140 valence electrons. The molecule has 1 aliphatic rings. The quantitative estimate of drug-likeness (QED) is 0.780. The summed E-state index contributed by atoms with van der Waals surface area (Å²) in [5.74, 6) is 0.0304. The van der Waals surface area contributed by atoms with Gasteiger partial charge in [0.25, 0.3) is 5.91 Å². The first-order valence-corrected chi connectivity index (χ1v) is 8.73. The lowest BCUT2D eigenvalue weighted by Crippen LogP contribution is -2.37. The smallest absolute Gasteiger partial charge is 0.372 e. The molecule has 1 fully saturated rings. The van der Waals surface area contributed by atoms with Gasteiger partial charge in [-0.1, -0.05) is 27.2 Å². The predicted molar refractivity (Wildman–Crippen MR) is 88.2 cm³/mol. The number of amides is 1. The molecule has 0 aliphatic carbocycles. The van der Waals surface area contributed by atoms with Gasteiger partial charge >= 0.3 is 6.18 Å². The maximum absolute atomic E-state index is 12.9. The summed E-state index contributed by atoms with van der Waals surface area (Å²) in [6, 6.07) is 2.06. The molecule has 0 bridgehead atoms. The largest absolute Gasteiger partial charge is 0.433 e. The molecule has 1 saturated heterocycles. The van der Waals surface area contributed by atoms with E-state index in [1.165, 1.54) is 6.07 Å². The monoisotopic (exact) mass is 358 g/mol. The summed E-state index contributed by atoms with van der Waals surface area (Å²) < 4.78 is 44.1. The van der Waals surface area contributed by atoms with Crippen molar-refractivity contribution in [2.45, 2.75) is 64.8 Å². The van der Waals surface area contributed by atoms with Gasteiger partial charge in [-0.25, -0.2) is 4.98 Å². The zero-order valence-electron chi connectivity index (χ0n) is 14.8. The Morgan fingerprint density at radius 2 is 2.08 bits per heavy atom. The van der Waals surface area contributed by atoms with Gasteiger partial charge in [0.15, 0.2) is 0 Å². The Morgan fingerprint density at radius 3 is 2.56 bits per heavy atom. The molecule has 1 N–H and O–H groups in total. The number of hydrogen-bond acceptors (Lipinski definition) is 3. The van der Waals surface area contributed by atoms with Crippen molar-refractivity contribution >= 4 is 5.91 Å². The minimum Gasteiger partial charge on any atom is -0.372 e. The maximum atomic E-state index is 12.9. The molecule has 1 aliphatic heterocycles.